The number of halogens is 2. The van der Waals surface area contributed by atoms with Gasteiger partial charge in [-0.3, -0.25) is 4.79 Å². The van der Waals surface area contributed by atoms with Crippen LogP contribution in [0.15, 0.2) is 54.9 Å². The third kappa shape index (κ3) is 6.21. The zero-order chi connectivity index (χ0) is 31.7. The highest BCUT2D eigenvalue weighted by Crippen LogP contribution is 2.45. The lowest BCUT2D eigenvalue weighted by Crippen LogP contribution is -2.51. The van der Waals surface area contributed by atoms with Gasteiger partial charge in [0.2, 0.25) is 0 Å². The Morgan fingerprint density at radius 2 is 0.977 bits per heavy atom. The third-order valence-corrected chi connectivity index (χ3v) is 23.5. The number of rotatable bonds is 9. The summed E-state index contributed by atoms with van der Waals surface area (Å²) < 4.78 is 32.6. The highest BCUT2D eigenvalue weighted by molar-refractivity contribution is 6.83. The number of aldehydes is 1. The fraction of sp³-hybridized carbons (Fsp3) is 0.528. The molecule has 0 fully saturated rings. The molecule has 0 amide bonds. The van der Waals surface area contributed by atoms with Gasteiger partial charge in [0.1, 0.15) is 11.6 Å². The van der Waals surface area contributed by atoms with Crippen molar-refractivity contribution in [1.82, 2.24) is 8.47 Å². The van der Waals surface area contributed by atoms with Crippen molar-refractivity contribution in [1.29, 1.82) is 0 Å². The molecule has 2 aromatic carbocycles. The maximum absolute atomic E-state index is 14.1. The molecule has 0 spiro atoms. The summed E-state index contributed by atoms with van der Waals surface area (Å²) in [7, 11) is -3.69. The number of carbonyl (C=O) groups excluding carboxylic acids is 1. The second-order valence-electron chi connectivity index (χ2n) is 13.8. The quantitative estimate of drug-likeness (QED) is 0.134. The Labute approximate surface area is 261 Å². The summed E-state index contributed by atoms with van der Waals surface area (Å²) in [6, 6.07) is 12.5. The van der Waals surface area contributed by atoms with E-state index in [1.807, 2.05) is 12.1 Å². The number of benzene rings is 2. The first-order valence-corrected chi connectivity index (χ1v) is 20.0. The van der Waals surface area contributed by atoms with Crippen LogP contribution in [0.4, 0.5) is 8.78 Å². The fourth-order valence-electron chi connectivity index (χ4n) is 8.71. The van der Waals surface area contributed by atoms with E-state index in [4.69, 9.17) is 0 Å². The van der Waals surface area contributed by atoms with Gasteiger partial charge in [0.25, 0.3) is 0 Å². The van der Waals surface area contributed by atoms with Crippen LogP contribution in [0.2, 0.25) is 33.2 Å². The molecule has 43 heavy (non-hydrogen) atoms. The standard InChI is InChI=1S/C18H26FNOSi.C17H26FNSi.CH4/c1-12(2)22(13(3)4,14(5)6)20-8-7-15-9-16(11-21)17(19)10-18(15)20;1-12(2)20(13(3)4,14(5)6)19-10-9-15-7-8-16(18)11-17(15)19;/h7-14H,1-6H3;7-14H,1-6H3;1H4. The average Bonchev–Trinajstić information content (AvgIpc) is 3.48. The molecule has 0 N–H and O–H groups in total. The van der Waals surface area contributed by atoms with Crippen LogP contribution >= 0.6 is 0 Å². The van der Waals surface area contributed by atoms with Crippen molar-refractivity contribution < 1.29 is 13.6 Å². The molecule has 3 nitrogen and oxygen atoms in total. The summed E-state index contributed by atoms with van der Waals surface area (Å²) >= 11 is 0. The van der Waals surface area contributed by atoms with E-state index in [0.29, 0.717) is 39.5 Å². The summed E-state index contributed by atoms with van der Waals surface area (Å²) in [6.07, 6.45) is 4.88. The number of aromatic nitrogens is 2. The lowest BCUT2D eigenvalue weighted by molar-refractivity contribution is 0.112. The van der Waals surface area contributed by atoms with Crippen molar-refractivity contribution in [2.75, 3.05) is 0 Å². The van der Waals surface area contributed by atoms with Gasteiger partial charge in [-0.05, 0) is 98.9 Å². The van der Waals surface area contributed by atoms with Crippen molar-refractivity contribution in [2.24, 2.45) is 0 Å². The van der Waals surface area contributed by atoms with E-state index in [1.165, 1.54) is 6.07 Å². The first-order valence-electron chi connectivity index (χ1n) is 15.6. The molecule has 0 radical (unpaired) electrons. The maximum Gasteiger partial charge on any atom is 0.169 e. The molecular formula is C36H56F2N2OSi2. The topological polar surface area (TPSA) is 26.9 Å². The molecule has 7 heteroatoms. The van der Waals surface area contributed by atoms with Gasteiger partial charge in [0.15, 0.2) is 22.8 Å². The lowest BCUT2D eigenvalue weighted by atomic mass is 10.1. The Kier molecular flexibility index (Phi) is 12.0. The normalized spacial score (nSPS) is 12.7. The Morgan fingerprint density at radius 1 is 0.581 bits per heavy atom. The van der Waals surface area contributed by atoms with Gasteiger partial charge >= 0.3 is 0 Å². The van der Waals surface area contributed by atoms with E-state index in [0.717, 1.165) is 21.8 Å². The van der Waals surface area contributed by atoms with Crippen LogP contribution in [0.25, 0.3) is 21.8 Å². The number of hydrogen-bond acceptors (Lipinski definition) is 1. The fourth-order valence-corrected chi connectivity index (χ4v) is 21.9. The minimum absolute atomic E-state index is 0. The smallest absolute Gasteiger partial charge is 0.169 e. The van der Waals surface area contributed by atoms with Gasteiger partial charge in [0, 0.05) is 11.0 Å². The SMILES string of the molecule is C.CC(C)[Si](C(C)C)(C(C)C)n1ccc2cc(C=O)c(F)cc21.CC(C)[Si](C(C)C)(C(C)C)n1ccc2ccc(F)cc21. The van der Waals surface area contributed by atoms with E-state index < -0.39 is 22.3 Å². The molecular weight excluding hydrogens is 571 g/mol. The molecule has 0 aliphatic heterocycles. The third-order valence-electron chi connectivity index (χ3n) is 9.97. The Balaban J connectivity index is 0.000000295. The van der Waals surface area contributed by atoms with Crippen molar-refractivity contribution in [3.8, 4) is 0 Å². The van der Waals surface area contributed by atoms with Gasteiger partial charge in [-0.1, -0.05) is 90.5 Å². The summed E-state index contributed by atoms with van der Waals surface area (Å²) in [5, 5.41) is 2.09. The van der Waals surface area contributed by atoms with Crippen LogP contribution < -0.4 is 0 Å². The minimum atomic E-state index is -1.90. The van der Waals surface area contributed by atoms with Crippen LogP contribution in [0, 0.1) is 11.6 Å². The number of fused-ring (bicyclic) bond motifs is 2. The molecule has 4 aromatic rings. The number of carbonyl (C=O) groups is 1. The Morgan fingerprint density at radius 3 is 1.37 bits per heavy atom. The van der Waals surface area contributed by atoms with Crippen LogP contribution in [0.5, 0.6) is 0 Å². The second kappa shape index (κ2) is 14.1. The van der Waals surface area contributed by atoms with Gasteiger partial charge in [-0.2, -0.15) is 0 Å². The molecule has 0 atom stereocenters. The van der Waals surface area contributed by atoms with E-state index in [1.54, 1.807) is 18.2 Å². The van der Waals surface area contributed by atoms with Crippen LogP contribution in [0.3, 0.4) is 0 Å². The number of hydrogen-bond donors (Lipinski definition) is 0. The number of nitrogens with zero attached hydrogens (tertiary/aromatic N) is 2. The first-order chi connectivity index (χ1) is 19.6. The predicted octanol–water partition coefficient (Wildman–Crippen LogP) is 12.1. The van der Waals surface area contributed by atoms with Crippen LogP contribution in [-0.4, -0.2) is 31.2 Å². The van der Waals surface area contributed by atoms with Gasteiger partial charge in [-0.15, -0.1) is 0 Å². The van der Waals surface area contributed by atoms with E-state index in [9.17, 15) is 13.6 Å². The molecule has 2 heterocycles. The summed E-state index contributed by atoms with van der Waals surface area (Å²) in [5.41, 5.74) is 5.57. The molecule has 238 valence electrons. The highest BCUT2D eigenvalue weighted by Gasteiger charge is 2.46. The molecule has 0 aliphatic carbocycles. The first kappa shape index (κ1) is 36.7. The monoisotopic (exact) mass is 626 g/mol. The molecule has 0 saturated heterocycles. The molecule has 0 saturated carbocycles. The van der Waals surface area contributed by atoms with Crippen molar-refractivity contribution in [3.05, 3.63) is 72.1 Å². The Bertz CT molecular complexity index is 1470. The van der Waals surface area contributed by atoms with Crippen molar-refractivity contribution in [3.63, 3.8) is 0 Å². The molecule has 0 bridgehead atoms. The van der Waals surface area contributed by atoms with Gasteiger partial charge in [-0.25, -0.2) is 8.78 Å². The van der Waals surface area contributed by atoms with Crippen molar-refractivity contribution in [2.45, 2.75) is 124 Å². The lowest BCUT2D eigenvalue weighted by Gasteiger charge is -2.44. The summed E-state index contributed by atoms with van der Waals surface area (Å²) in [4.78, 5) is 11.0. The zero-order valence-electron chi connectivity index (χ0n) is 27.8. The largest absolute Gasteiger partial charge is 0.373 e. The van der Waals surface area contributed by atoms with Crippen LogP contribution in [0.1, 0.15) is 101 Å². The highest BCUT2D eigenvalue weighted by atomic mass is 28.3. The van der Waals surface area contributed by atoms with Crippen LogP contribution in [-0.2, 0) is 0 Å². The summed E-state index contributed by atoms with van der Waals surface area (Å²) in [5.74, 6) is -0.571. The molecule has 0 unspecified atom stereocenters. The summed E-state index contributed by atoms with van der Waals surface area (Å²) in [6.45, 7) is 27.7. The molecule has 4 rings (SSSR count). The van der Waals surface area contributed by atoms with E-state index in [2.05, 4.69) is 110 Å². The van der Waals surface area contributed by atoms with Crippen molar-refractivity contribution >= 4 is 44.6 Å². The van der Waals surface area contributed by atoms with E-state index in [-0.39, 0.29) is 18.8 Å². The second-order valence-corrected chi connectivity index (χ2v) is 25.3. The molecule has 2 aromatic heterocycles. The Hall–Kier alpha value is -2.52. The molecule has 0 aliphatic rings. The average molecular weight is 627 g/mol. The predicted molar refractivity (Wildman–Crippen MR) is 189 cm³/mol. The minimum Gasteiger partial charge on any atom is -0.373 e. The van der Waals surface area contributed by atoms with Gasteiger partial charge in [0.05, 0.1) is 5.56 Å². The van der Waals surface area contributed by atoms with E-state index >= 15 is 0 Å². The van der Waals surface area contributed by atoms with Gasteiger partial charge < -0.3 is 8.47 Å². The maximum atomic E-state index is 14.1. The zero-order valence-corrected chi connectivity index (χ0v) is 29.8.